The van der Waals surface area contributed by atoms with Crippen molar-refractivity contribution in [1.29, 1.82) is 0 Å². The van der Waals surface area contributed by atoms with Crippen LogP contribution in [0.15, 0.2) is 0 Å². The van der Waals surface area contributed by atoms with Gasteiger partial charge in [-0.3, -0.25) is 4.79 Å². The predicted molar refractivity (Wildman–Crippen MR) is 63.0 cm³/mol. The number of sulfone groups is 1. The minimum Gasteiger partial charge on any atom is -0.339 e. The fraction of sp³-hybridized carbons (Fsp3) is 0.900. The van der Waals surface area contributed by atoms with E-state index in [-0.39, 0.29) is 23.0 Å². The number of carbonyl (C=O) groups is 1. The third-order valence-electron chi connectivity index (χ3n) is 2.71. The second-order valence-corrected chi connectivity index (χ2v) is 7.16. The van der Waals surface area contributed by atoms with Crippen molar-refractivity contribution in [2.45, 2.75) is 26.3 Å². The lowest BCUT2D eigenvalue weighted by Crippen LogP contribution is -2.59. The first-order valence-electron chi connectivity index (χ1n) is 5.49. The molecule has 0 aliphatic carbocycles. The summed E-state index contributed by atoms with van der Waals surface area (Å²) in [5, 5.41) is 3.28. The van der Waals surface area contributed by atoms with E-state index < -0.39 is 9.84 Å². The van der Waals surface area contributed by atoms with E-state index in [4.69, 9.17) is 0 Å². The van der Waals surface area contributed by atoms with Crippen LogP contribution in [0.5, 0.6) is 0 Å². The molecule has 0 bridgehead atoms. The molecule has 1 fully saturated rings. The van der Waals surface area contributed by atoms with Gasteiger partial charge in [0.1, 0.15) is 5.75 Å². The lowest BCUT2D eigenvalue weighted by molar-refractivity contribution is -0.130. The standard InChI is InChI=1S/C10H20N2O3S/c1-4-16(14,15)7-9(13)12-6-5-11-10(2,3)8-12/h11H,4-8H2,1-3H3. The molecule has 0 spiro atoms. The van der Waals surface area contributed by atoms with Gasteiger partial charge in [0.25, 0.3) is 0 Å². The van der Waals surface area contributed by atoms with E-state index in [1.165, 1.54) is 0 Å². The highest BCUT2D eigenvalue weighted by Crippen LogP contribution is 2.10. The maximum Gasteiger partial charge on any atom is 0.237 e. The maximum absolute atomic E-state index is 11.8. The Hall–Kier alpha value is -0.620. The molecule has 1 aliphatic heterocycles. The van der Waals surface area contributed by atoms with Gasteiger partial charge in [-0.25, -0.2) is 8.42 Å². The lowest BCUT2D eigenvalue weighted by Gasteiger charge is -2.39. The van der Waals surface area contributed by atoms with Gasteiger partial charge in [-0.1, -0.05) is 6.92 Å². The van der Waals surface area contributed by atoms with Crippen molar-refractivity contribution in [3.63, 3.8) is 0 Å². The van der Waals surface area contributed by atoms with Gasteiger partial charge in [0.15, 0.2) is 9.84 Å². The normalized spacial score (nSPS) is 20.8. The van der Waals surface area contributed by atoms with Crippen LogP contribution < -0.4 is 5.32 Å². The summed E-state index contributed by atoms with van der Waals surface area (Å²) in [6.07, 6.45) is 0. The van der Waals surface area contributed by atoms with Crippen LogP contribution in [0, 0.1) is 0 Å². The molecule has 94 valence electrons. The molecule has 0 unspecified atom stereocenters. The first kappa shape index (κ1) is 13.4. The largest absolute Gasteiger partial charge is 0.339 e. The number of carbonyl (C=O) groups excluding carboxylic acids is 1. The number of hydrogen-bond donors (Lipinski definition) is 1. The molecule has 5 nitrogen and oxygen atoms in total. The predicted octanol–water partition coefficient (Wildman–Crippen LogP) is -0.368. The summed E-state index contributed by atoms with van der Waals surface area (Å²) in [4.78, 5) is 13.4. The summed E-state index contributed by atoms with van der Waals surface area (Å²) < 4.78 is 22.7. The number of hydrogen-bond acceptors (Lipinski definition) is 4. The van der Waals surface area contributed by atoms with Crippen molar-refractivity contribution in [2.24, 2.45) is 0 Å². The topological polar surface area (TPSA) is 66.5 Å². The zero-order valence-corrected chi connectivity index (χ0v) is 10.9. The molecule has 0 atom stereocenters. The van der Waals surface area contributed by atoms with E-state index in [9.17, 15) is 13.2 Å². The van der Waals surface area contributed by atoms with Gasteiger partial charge in [-0.05, 0) is 13.8 Å². The summed E-state index contributed by atoms with van der Waals surface area (Å²) >= 11 is 0. The van der Waals surface area contributed by atoms with Crippen molar-refractivity contribution in [2.75, 3.05) is 31.1 Å². The zero-order valence-electron chi connectivity index (χ0n) is 10.1. The second-order valence-electron chi connectivity index (χ2n) is 4.80. The van der Waals surface area contributed by atoms with Crippen molar-refractivity contribution in [1.82, 2.24) is 10.2 Å². The zero-order chi connectivity index (χ0) is 12.4. The smallest absolute Gasteiger partial charge is 0.237 e. The highest BCUT2D eigenvalue weighted by Gasteiger charge is 2.30. The van der Waals surface area contributed by atoms with Gasteiger partial charge in [0.05, 0.1) is 0 Å². The second kappa shape index (κ2) is 4.71. The summed E-state index contributed by atoms with van der Waals surface area (Å²) in [7, 11) is -3.22. The molecule has 1 saturated heterocycles. The molecule has 16 heavy (non-hydrogen) atoms. The van der Waals surface area contributed by atoms with E-state index in [0.29, 0.717) is 19.6 Å². The molecule has 1 aliphatic rings. The Morgan fingerprint density at radius 1 is 1.44 bits per heavy atom. The molecule has 0 aromatic carbocycles. The summed E-state index contributed by atoms with van der Waals surface area (Å²) in [5.74, 6) is -0.621. The van der Waals surface area contributed by atoms with Gasteiger partial charge in [-0.15, -0.1) is 0 Å². The number of nitrogens with zero attached hydrogens (tertiary/aromatic N) is 1. The van der Waals surface area contributed by atoms with Gasteiger partial charge >= 0.3 is 0 Å². The molecule has 0 aromatic heterocycles. The minimum absolute atomic E-state index is 0.0220. The molecule has 6 heteroatoms. The summed E-state index contributed by atoms with van der Waals surface area (Å²) in [6, 6.07) is 0. The molecule has 1 rings (SSSR count). The number of rotatable bonds is 3. The van der Waals surface area contributed by atoms with E-state index >= 15 is 0 Å². The van der Waals surface area contributed by atoms with Crippen molar-refractivity contribution >= 4 is 15.7 Å². The Morgan fingerprint density at radius 2 is 2.06 bits per heavy atom. The highest BCUT2D eigenvalue weighted by atomic mass is 32.2. The Kier molecular flexibility index (Phi) is 3.96. The Balaban J connectivity index is 2.62. The van der Waals surface area contributed by atoms with E-state index in [1.54, 1.807) is 11.8 Å². The fourth-order valence-electron chi connectivity index (χ4n) is 1.74. The molecule has 1 amide bonds. The van der Waals surface area contributed by atoms with Gasteiger partial charge < -0.3 is 10.2 Å². The first-order chi connectivity index (χ1) is 7.26. The molecule has 1 heterocycles. The molecule has 1 N–H and O–H groups in total. The van der Waals surface area contributed by atoms with E-state index in [2.05, 4.69) is 5.32 Å². The van der Waals surface area contributed by atoms with Crippen LogP contribution in [0.1, 0.15) is 20.8 Å². The minimum atomic E-state index is -3.22. The quantitative estimate of drug-likeness (QED) is 0.740. The average Bonchev–Trinajstić information content (AvgIpc) is 2.15. The molecule has 0 radical (unpaired) electrons. The molecular weight excluding hydrogens is 228 g/mol. The van der Waals surface area contributed by atoms with Crippen LogP contribution >= 0.6 is 0 Å². The lowest BCUT2D eigenvalue weighted by atomic mass is 10.0. The van der Waals surface area contributed by atoms with Gasteiger partial charge in [0.2, 0.25) is 5.91 Å². The Labute approximate surface area is 97.1 Å². The summed E-state index contributed by atoms with van der Waals surface area (Å²) in [6.45, 7) is 7.42. The van der Waals surface area contributed by atoms with Crippen molar-refractivity contribution in [3.8, 4) is 0 Å². The molecular formula is C10H20N2O3S. The SMILES string of the molecule is CCS(=O)(=O)CC(=O)N1CCNC(C)(C)C1. The number of piperazine rings is 1. The molecule has 0 saturated carbocycles. The van der Waals surface area contributed by atoms with Crippen LogP contribution in [0.25, 0.3) is 0 Å². The monoisotopic (exact) mass is 248 g/mol. The van der Waals surface area contributed by atoms with Crippen LogP contribution in [-0.4, -0.2) is 55.9 Å². The van der Waals surface area contributed by atoms with E-state index in [1.807, 2.05) is 13.8 Å². The maximum atomic E-state index is 11.8. The Bertz CT molecular complexity index is 362. The summed E-state index contributed by atoms with van der Waals surface area (Å²) in [5.41, 5.74) is -0.135. The average molecular weight is 248 g/mol. The fourth-order valence-corrected chi connectivity index (χ4v) is 2.50. The van der Waals surface area contributed by atoms with Gasteiger partial charge in [0, 0.05) is 30.9 Å². The first-order valence-corrected chi connectivity index (χ1v) is 7.31. The number of nitrogens with one attached hydrogen (secondary N) is 1. The van der Waals surface area contributed by atoms with Crippen LogP contribution in [-0.2, 0) is 14.6 Å². The third kappa shape index (κ3) is 3.75. The Morgan fingerprint density at radius 3 is 2.56 bits per heavy atom. The third-order valence-corrected chi connectivity index (χ3v) is 4.27. The molecule has 0 aromatic rings. The van der Waals surface area contributed by atoms with E-state index in [0.717, 1.165) is 0 Å². The van der Waals surface area contributed by atoms with Crippen LogP contribution in [0.4, 0.5) is 0 Å². The van der Waals surface area contributed by atoms with Crippen molar-refractivity contribution < 1.29 is 13.2 Å². The number of amides is 1. The van der Waals surface area contributed by atoms with Crippen LogP contribution in [0.2, 0.25) is 0 Å². The van der Waals surface area contributed by atoms with Crippen molar-refractivity contribution in [3.05, 3.63) is 0 Å². The van der Waals surface area contributed by atoms with Gasteiger partial charge in [-0.2, -0.15) is 0 Å². The van der Waals surface area contributed by atoms with Crippen LogP contribution in [0.3, 0.4) is 0 Å². The highest BCUT2D eigenvalue weighted by molar-refractivity contribution is 7.92.